The van der Waals surface area contributed by atoms with Gasteiger partial charge in [-0.05, 0) is 55.8 Å². The SMILES string of the molecule is C[SiH](C)O[Si](O[SiH](C)C)(C1=CCCC1)c1ccccc1. The van der Waals surface area contributed by atoms with Crippen LogP contribution in [-0.4, -0.2) is 26.6 Å². The molecule has 1 aromatic carbocycles. The van der Waals surface area contributed by atoms with Gasteiger partial charge in [-0.15, -0.1) is 0 Å². The monoisotopic (exact) mass is 322 g/mol. The van der Waals surface area contributed by atoms with E-state index in [1.807, 2.05) is 0 Å². The highest BCUT2D eigenvalue weighted by Gasteiger charge is 2.45. The van der Waals surface area contributed by atoms with Crippen LogP contribution in [0.2, 0.25) is 26.2 Å². The molecule has 0 N–H and O–H groups in total. The lowest BCUT2D eigenvalue weighted by Gasteiger charge is -2.36. The Balaban J connectivity index is 2.48. The van der Waals surface area contributed by atoms with Crippen molar-refractivity contribution in [1.29, 1.82) is 0 Å². The highest BCUT2D eigenvalue weighted by molar-refractivity contribution is 6.94. The summed E-state index contributed by atoms with van der Waals surface area (Å²) in [7, 11) is -4.70. The number of allylic oxidation sites excluding steroid dienone is 2. The molecule has 2 nitrogen and oxygen atoms in total. The third kappa shape index (κ3) is 3.59. The van der Waals surface area contributed by atoms with Gasteiger partial charge >= 0.3 is 8.56 Å². The molecule has 0 aromatic heterocycles. The topological polar surface area (TPSA) is 18.5 Å². The molecule has 0 atom stereocenters. The van der Waals surface area contributed by atoms with E-state index in [0.29, 0.717) is 0 Å². The van der Waals surface area contributed by atoms with E-state index in [9.17, 15) is 0 Å². The van der Waals surface area contributed by atoms with Crippen LogP contribution >= 0.6 is 0 Å². The lowest BCUT2D eigenvalue weighted by molar-refractivity contribution is 0.425. The van der Waals surface area contributed by atoms with Crippen molar-refractivity contribution in [1.82, 2.24) is 0 Å². The van der Waals surface area contributed by atoms with E-state index in [1.54, 1.807) is 0 Å². The molecule has 20 heavy (non-hydrogen) atoms. The zero-order chi connectivity index (χ0) is 14.6. The summed E-state index contributed by atoms with van der Waals surface area (Å²) in [6.45, 7) is 9.02. The Hall–Kier alpha value is -0.469. The predicted molar refractivity (Wildman–Crippen MR) is 93.7 cm³/mol. The maximum atomic E-state index is 6.64. The van der Waals surface area contributed by atoms with Crippen molar-refractivity contribution in [3.63, 3.8) is 0 Å². The van der Waals surface area contributed by atoms with E-state index in [-0.39, 0.29) is 0 Å². The summed E-state index contributed by atoms with van der Waals surface area (Å²) >= 11 is 0. The molecule has 110 valence electrons. The summed E-state index contributed by atoms with van der Waals surface area (Å²) in [6.07, 6.45) is 5.99. The predicted octanol–water partition coefficient (Wildman–Crippen LogP) is 2.99. The summed E-state index contributed by atoms with van der Waals surface area (Å²) in [4.78, 5) is 0. The van der Waals surface area contributed by atoms with Crippen molar-refractivity contribution in [2.24, 2.45) is 0 Å². The summed E-state index contributed by atoms with van der Waals surface area (Å²) in [5.74, 6) is 0. The van der Waals surface area contributed by atoms with Gasteiger partial charge in [0, 0.05) is 0 Å². The summed E-state index contributed by atoms with van der Waals surface area (Å²) < 4.78 is 13.3. The molecule has 2 rings (SSSR count). The Morgan fingerprint density at radius 2 is 1.55 bits per heavy atom. The van der Waals surface area contributed by atoms with E-state index in [1.165, 1.54) is 23.2 Å². The molecule has 0 fully saturated rings. The zero-order valence-electron chi connectivity index (χ0n) is 13.1. The first-order valence-corrected chi connectivity index (χ1v) is 15.0. The van der Waals surface area contributed by atoms with E-state index in [2.05, 4.69) is 62.6 Å². The second-order valence-electron chi connectivity index (χ2n) is 5.94. The van der Waals surface area contributed by atoms with Gasteiger partial charge in [-0.2, -0.15) is 0 Å². The molecule has 0 bridgehead atoms. The maximum Gasteiger partial charge on any atom is 0.381 e. The van der Waals surface area contributed by atoms with E-state index < -0.39 is 26.6 Å². The minimum absolute atomic E-state index is 1.16. The van der Waals surface area contributed by atoms with Crippen LogP contribution in [0.1, 0.15) is 19.3 Å². The number of hydrogen-bond acceptors (Lipinski definition) is 2. The van der Waals surface area contributed by atoms with Gasteiger partial charge in [-0.1, -0.05) is 36.4 Å². The minimum atomic E-state index is -2.38. The standard InChI is InChI=1S/C15H26O2Si3/c1-18(2)16-20(17-19(3)4,15-12-8-9-13-15)14-10-6-5-7-11-14/h5-7,10-12,18-19H,8-9,13H2,1-4H3. The molecule has 0 aliphatic heterocycles. The molecule has 0 saturated carbocycles. The van der Waals surface area contributed by atoms with Crippen LogP contribution in [0.4, 0.5) is 0 Å². The van der Waals surface area contributed by atoms with Crippen LogP contribution in [0.3, 0.4) is 0 Å². The molecule has 5 heteroatoms. The second kappa shape index (κ2) is 7.00. The molecular weight excluding hydrogens is 296 g/mol. The van der Waals surface area contributed by atoms with Gasteiger partial charge in [0.05, 0.1) is 0 Å². The van der Waals surface area contributed by atoms with Gasteiger partial charge in [-0.3, -0.25) is 0 Å². The van der Waals surface area contributed by atoms with Gasteiger partial charge in [0.1, 0.15) is 0 Å². The van der Waals surface area contributed by atoms with Gasteiger partial charge < -0.3 is 8.23 Å². The third-order valence-corrected chi connectivity index (χ3v) is 12.2. The smallest absolute Gasteiger partial charge is 0.381 e. The molecule has 0 unspecified atom stereocenters. The van der Waals surface area contributed by atoms with Crippen molar-refractivity contribution in [3.8, 4) is 0 Å². The lowest BCUT2D eigenvalue weighted by Crippen LogP contribution is -2.59. The Labute approximate surface area is 127 Å². The van der Waals surface area contributed by atoms with Crippen molar-refractivity contribution in [3.05, 3.63) is 41.6 Å². The third-order valence-electron chi connectivity index (χ3n) is 3.42. The Kier molecular flexibility index (Phi) is 5.57. The van der Waals surface area contributed by atoms with Crippen molar-refractivity contribution in [2.75, 3.05) is 0 Å². The molecule has 0 radical (unpaired) electrons. The molecule has 1 aliphatic carbocycles. The zero-order valence-corrected chi connectivity index (χ0v) is 16.4. The van der Waals surface area contributed by atoms with Crippen molar-refractivity contribution < 1.29 is 8.23 Å². The quantitative estimate of drug-likeness (QED) is 0.750. The van der Waals surface area contributed by atoms with Gasteiger partial charge in [0.25, 0.3) is 0 Å². The molecule has 1 aromatic rings. The fourth-order valence-corrected chi connectivity index (χ4v) is 13.0. The van der Waals surface area contributed by atoms with Crippen LogP contribution in [0.5, 0.6) is 0 Å². The van der Waals surface area contributed by atoms with Gasteiger partial charge in [0.2, 0.25) is 0 Å². The van der Waals surface area contributed by atoms with Crippen molar-refractivity contribution >= 4 is 31.8 Å². The number of hydrogen-bond donors (Lipinski definition) is 0. The minimum Gasteiger partial charge on any atom is -0.433 e. The molecule has 0 heterocycles. The van der Waals surface area contributed by atoms with Crippen LogP contribution < -0.4 is 5.19 Å². The van der Waals surface area contributed by atoms with Gasteiger partial charge in [0.15, 0.2) is 18.1 Å². The Morgan fingerprint density at radius 3 is 2.00 bits per heavy atom. The largest absolute Gasteiger partial charge is 0.433 e. The molecule has 1 aliphatic rings. The first kappa shape index (κ1) is 15.9. The Morgan fingerprint density at radius 1 is 0.950 bits per heavy atom. The number of rotatable bonds is 6. The maximum absolute atomic E-state index is 6.64. The van der Waals surface area contributed by atoms with E-state index >= 15 is 0 Å². The average Bonchev–Trinajstić information content (AvgIpc) is 2.92. The fraction of sp³-hybridized carbons (Fsp3) is 0.467. The molecule has 0 amide bonds. The van der Waals surface area contributed by atoms with Crippen LogP contribution in [-0.2, 0) is 8.23 Å². The fourth-order valence-electron chi connectivity index (χ4n) is 2.79. The summed E-state index contributed by atoms with van der Waals surface area (Å²) in [6, 6.07) is 10.7. The summed E-state index contributed by atoms with van der Waals surface area (Å²) in [5.41, 5.74) is 0. The van der Waals surface area contributed by atoms with Crippen molar-refractivity contribution in [2.45, 2.75) is 45.5 Å². The first-order chi connectivity index (χ1) is 9.54. The highest BCUT2D eigenvalue weighted by atomic mass is 28.5. The normalized spacial score (nSPS) is 16.0. The second-order valence-corrected chi connectivity index (χ2v) is 14.5. The Bertz CT molecular complexity index is 447. The molecule has 0 spiro atoms. The number of benzene rings is 1. The molecular formula is C15H26O2Si3. The van der Waals surface area contributed by atoms with E-state index in [0.717, 1.165) is 6.42 Å². The summed E-state index contributed by atoms with van der Waals surface area (Å²) in [5, 5.41) is 2.78. The van der Waals surface area contributed by atoms with Crippen LogP contribution in [0, 0.1) is 0 Å². The van der Waals surface area contributed by atoms with E-state index in [4.69, 9.17) is 8.23 Å². The first-order valence-electron chi connectivity index (χ1n) is 7.65. The highest BCUT2D eigenvalue weighted by Crippen LogP contribution is 2.30. The van der Waals surface area contributed by atoms with Gasteiger partial charge in [-0.25, -0.2) is 0 Å². The average molecular weight is 323 g/mol. The van der Waals surface area contributed by atoms with Crippen LogP contribution in [0.15, 0.2) is 41.6 Å². The lowest BCUT2D eigenvalue weighted by atomic mass is 10.4. The molecule has 0 saturated heterocycles. The van der Waals surface area contributed by atoms with Crippen LogP contribution in [0.25, 0.3) is 0 Å².